The molecule has 0 aromatic heterocycles. The van der Waals surface area contributed by atoms with Gasteiger partial charge in [-0.1, -0.05) is 43.5 Å². The fourth-order valence-corrected chi connectivity index (χ4v) is 2.03. The maximum absolute atomic E-state index is 11.8. The van der Waals surface area contributed by atoms with Gasteiger partial charge in [-0.15, -0.1) is 0 Å². The van der Waals surface area contributed by atoms with Crippen molar-refractivity contribution in [3.05, 3.63) is 28.2 Å². The fourth-order valence-electron chi connectivity index (χ4n) is 1.57. The molecular weight excluding hydrogens is 303 g/mol. The van der Waals surface area contributed by atoms with Crippen LogP contribution in [0.25, 0.3) is 0 Å². The van der Waals surface area contributed by atoms with Gasteiger partial charge in [-0.2, -0.15) is 0 Å². The first-order valence-electron chi connectivity index (χ1n) is 6.10. The number of carboxylic acids is 1. The highest BCUT2D eigenvalue weighted by molar-refractivity contribution is 6.36. The van der Waals surface area contributed by atoms with Crippen LogP contribution < -0.4 is 10.6 Å². The Bertz CT molecular complexity index is 508. The molecule has 0 saturated heterocycles. The molecule has 5 nitrogen and oxygen atoms in total. The summed E-state index contributed by atoms with van der Waals surface area (Å²) >= 11 is 11.7. The molecule has 2 unspecified atom stereocenters. The zero-order valence-electron chi connectivity index (χ0n) is 11.1. The normalized spacial score (nSPS) is 13.4. The van der Waals surface area contributed by atoms with Crippen LogP contribution in [-0.4, -0.2) is 23.1 Å². The van der Waals surface area contributed by atoms with E-state index in [4.69, 9.17) is 28.3 Å². The third-order valence-corrected chi connectivity index (χ3v) is 3.49. The monoisotopic (exact) mass is 318 g/mol. The predicted molar refractivity (Wildman–Crippen MR) is 79.5 cm³/mol. The number of hydrogen-bond acceptors (Lipinski definition) is 2. The zero-order chi connectivity index (χ0) is 15.3. The van der Waals surface area contributed by atoms with Crippen LogP contribution in [0.2, 0.25) is 10.0 Å². The van der Waals surface area contributed by atoms with Crippen molar-refractivity contribution >= 4 is 40.9 Å². The summed E-state index contributed by atoms with van der Waals surface area (Å²) in [5.74, 6) is -1.25. The van der Waals surface area contributed by atoms with Gasteiger partial charge in [-0.05, 0) is 24.1 Å². The Morgan fingerprint density at radius 2 is 2.00 bits per heavy atom. The van der Waals surface area contributed by atoms with Crippen molar-refractivity contribution < 1.29 is 14.7 Å². The number of carbonyl (C=O) groups is 2. The van der Waals surface area contributed by atoms with E-state index in [1.54, 1.807) is 19.1 Å². The number of benzene rings is 1. The fraction of sp³-hybridized carbons (Fsp3) is 0.385. The third kappa shape index (κ3) is 4.58. The Labute approximate surface area is 127 Å². The number of carboxylic acid groups (broad SMARTS) is 1. The predicted octanol–water partition coefficient (Wildman–Crippen LogP) is 3.61. The number of urea groups is 1. The van der Waals surface area contributed by atoms with Gasteiger partial charge in [0, 0.05) is 5.02 Å². The summed E-state index contributed by atoms with van der Waals surface area (Å²) < 4.78 is 0. The highest BCUT2D eigenvalue weighted by Gasteiger charge is 2.25. The van der Waals surface area contributed by atoms with Crippen LogP contribution in [-0.2, 0) is 4.79 Å². The van der Waals surface area contributed by atoms with Crippen molar-refractivity contribution in [2.24, 2.45) is 5.92 Å². The summed E-state index contributed by atoms with van der Waals surface area (Å²) in [6.45, 7) is 3.62. The van der Waals surface area contributed by atoms with E-state index in [2.05, 4.69) is 10.6 Å². The lowest BCUT2D eigenvalue weighted by Gasteiger charge is -2.20. The number of nitrogens with one attached hydrogen (secondary N) is 2. The van der Waals surface area contributed by atoms with E-state index < -0.39 is 18.0 Å². The SMILES string of the molecule is CCC(C)C(NC(=O)Nc1ccc(Cl)cc1Cl)C(=O)O. The molecule has 0 bridgehead atoms. The summed E-state index contributed by atoms with van der Waals surface area (Å²) in [5.41, 5.74) is 0.363. The molecule has 1 aromatic rings. The summed E-state index contributed by atoms with van der Waals surface area (Å²) in [6.07, 6.45) is 0.638. The minimum Gasteiger partial charge on any atom is -0.480 e. The Balaban J connectivity index is 2.73. The van der Waals surface area contributed by atoms with Gasteiger partial charge in [0.25, 0.3) is 0 Å². The molecule has 0 spiro atoms. The van der Waals surface area contributed by atoms with Gasteiger partial charge in [-0.3, -0.25) is 0 Å². The quantitative estimate of drug-likeness (QED) is 0.775. The number of halogens is 2. The molecule has 0 heterocycles. The molecular formula is C13H16Cl2N2O3. The zero-order valence-corrected chi connectivity index (χ0v) is 12.6. The topological polar surface area (TPSA) is 78.4 Å². The maximum atomic E-state index is 11.8. The second kappa shape index (κ2) is 7.36. The van der Waals surface area contributed by atoms with E-state index in [9.17, 15) is 9.59 Å². The van der Waals surface area contributed by atoms with Crippen LogP contribution in [0.3, 0.4) is 0 Å². The van der Waals surface area contributed by atoms with E-state index in [0.29, 0.717) is 17.1 Å². The van der Waals surface area contributed by atoms with Crippen LogP contribution in [0.5, 0.6) is 0 Å². The largest absolute Gasteiger partial charge is 0.480 e. The molecule has 0 fully saturated rings. The molecule has 0 saturated carbocycles. The van der Waals surface area contributed by atoms with Gasteiger partial charge in [-0.25, -0.2) is 9.59 Å². The minimum atomic E-state index is -1.07. The summed E-state index contributed by atoms with van der Waals surface area (Å²) in [7, 11) is 0. The average Bonchev–Trinajstić information content (AvgIpc) is 2.38. The van der Waals surface area contributed by atoms with Crippen LogP contribution in [0.1, 0.15) is 20.3 Å². The molecule has 0 radical (unpaired) electrons. The van der Waals surface area contributed by atoms with Gasteiger partial charge in [0.2, 0.25) is 0 Å². The lowest BCUT2D eigenvalue weighted by molar-refractivity contribution is -0.140. The summed E-state index contributed by atoms with van der Waals surface area (Å²) in [6, 6.07) is 3.03. The second-order valence-corrected chi connectivity index (χ2v) is 5.27. The summed E-state index contributed by atoms with van der Waals surface area (Å²) in [5, 5.41) is 14.7. The van der Waals surface area contributed by atoms with Crippen molar-refractivity contribution in [2.75, 3.05) is 5.32 Å². The standard InChI is InChI=1S/C13H16Cl2N2O3/c1-3-7(2)11(12(18)19)17-13(20)16-10-5-4-8(14)6-9(10)15/h4-7,11H,3H2,1-2H3,(H,18,19)(H2,16,17,20). The minimum absolute atomic E-state index is 0.182. The molecule has 7 heteroatoms. The summed E-state index contributed by atoms with van der Waals surface area (Å²) in [4.78, 5) is 22.9. The molecule has 20 heavy (non-hydrogen) atoms. The molecule has 0 aliphatic heterocycles. The first kappa shape index (κ1) is 16.6. The number of aliphatic carboxylic acids is 1. The lowest BCUT2D eigenvalue weighted by Crippen LogP contribution is -2.46. The Morgan fingerprint density at radius 1 is 1.35 bits per heavy atom. The van der Waals surface area contributed by atoms with Crippen molar-refractivity contribution in [2.45, 2.75) is 26.3 Å². The van der Waals surface area contributed by atoms with Gasteiger partial charge in [0.05, 0.1) is 10.7 Å². The van der Waals surface area contributed by atoms with Crippen molar-refractivity contribution in [3.8, 4) is 0 Å². The van der Waals surface area contributed by atoms with Crippen LogP contribution >= 0.6 is 23.2 Å². The number of rotatable bonds is 5. The van der Waals surface area contributed by atoms with E-state index in [-0.39, 0.29) is 10.9 Å². The number of carbonyl (C=O) groups excluding carboxylic acids is 1. The third-order valence-electron chi connectivity index (χ3n) is 2.94. The van der Waals surface area contributed by atoms with E-state index in [1.165, 1.54) is 6.07 Å². The molecule has 3 N–H and O–H groups in total. The first-order valence-corrected chi connectivity index (χ1v) is 6.86. The van der Waals surface area contributed by atoms with E-state index in [1.807, 2.05) is 6.92 Å². The number of amides is 2. The van der Waals surface area contributed by atoms with Crippen molar-refractivity contribution in [1.82, 2.24) is 5.32 Å². The van der Waals surface area contributed by atoms with Gasteiger partial charge >= 0.3 is 12.0 Å². The average molecular weight is 319 g/mol. The molecule has 1 rings (SSSR count). The molecule has 1 aromatic carbocycles. The molecule has 0 aliphatic carbocycles. The van der Waals surface area contributed by atoms with Crippen LogP contribution in [0.4, 0.5) is 10.5 Å². The van der Waals surface area contributed by atoms with Crippen molar-refractivity contribution in [1.29, 1.82) is 0 Å². The van der Waals surface area contributed by atoms with E-state index >= 15 is 0 Å². The Hall–Kier alpha value is -1.46. The smallest absolute Gasteiger partial charge is 0.326 e. The molecule has 2 atom stereocenters. The van der Waals surface area contributed by atoms with Gasteiger partial charge in [0.1, 0.15) is 6.04 Å². The van der Waals surface area contributed by atoms with Gasteiger partial charge in [0.15, 0.2) is 0 Å². The molecule has 0 aliphatic rings. The highest BCUT2D eigenvalue weighted by Crippen LogP contribution is 2.25. The highest BCUT2D eigenvalue weighted by atomic mass is 35.5. The van der Waals surface area contributed by atoms with E-state index in [0.717, 1.165) is 0 Å². The second-order valence-electron chi connectivity index (χ2n) is 4.42. The Kier molecular flexibility index (Phi) is 6.10. The first-order chi connectivity index (χ1) is 9.35. The lowest BCUT2D eigenvalue weighted by atomic mass is 9.99. The van der Waals surface area contributed by atoms with Gasteiger partial charge < -0.3 is 15.7 Å². The molecule has 2 amide bonds. The number of anilines is 1. The van der Waals surface area contributed by atoms with Crippen LogP contribution in [0, 0.1) is 5.92 Å². The number of hydrogen-bond donors (Lipinski definition) is 3. The van der Waals surface area contributed by atoms with Crippen molar-refractivity contribution in [3.63, 3.8) is 0 Å². The maximum Gasteiger partial charge on any atom is 0.326 e. The van der Waals surface area contributed by atoms with Crippen LogP contribution in [0.15, 0.2) is 18.2 Å². The Morgan fingerprint density at radius 3 is 2.50 bits per heavy atom. The molecule has 110 valence electrons.